The third-order valence-electron chi connectivity index (χ3n) is 4.30. The maximum absolute atomic E-state index is 11.8. The van der Waals surface area contributed by atoms with E-state index in [-0.39, 0.29) is 24.4 Å². The summed E-state index contributed by atoms with van der Waals surface area (Å²) in [6, 6.07) is 0.244. The predicted molar refractivity (Wildman–Crippen MR) is 76.8 cm³/mol. The van der Waals surface area contributed by atoms with Gasteiger partial charge in [0.15, 0.2) is 0 Å². The average molecular weight is 275 g/mol. The number of amides is 1. The molecule has 0 aromatic carbocycles. The Labute approximate surface area is 117 Å². The molecule has 0 aromatic heterocycles. The first-order valence-electron chi connectivity index (χ1n) is 7.29. The molecule has 0 aromatic rings. The van der Waals surface area contributed by atoms with E-state index in [4.69, 9.17) is 5.73 Å². The highest BCUT2D eigenvalue weighted by atomic mass is 35.5. The topological polar surface area (TPSA) is 55.1 Å². The van der Waals surface area contributed by atoms with E-state index in [1.165, 1.54) is 44.9 Å². The summed E-state index contributed by atoms with van der Waals surface area (Å²) in [4.78, 5) is 11.8. The van der Waals surface area contributed by atoms with Gasteiger partial charge < -0.3 is 11.1 Å². The van der Waals surface area contributed by atoms with Gasteiger partial charge in [-0.1, -0.05) is 32.1 Å². The minimum Gasteiger partial charge on any atom is -0.352 e. The monoisotopic (exact) mass is 274 g/mol. The lowest BCUT2D eigenvalue weighted by molar-refractivity contribution is -0.122. The average Bonchev–Trinajstić information content (AvgIpc) is 3.19. The number of halogens is 1. The Bertz CT molecular complexity index is 250. The first-order valence-corrected chi connectivity index (χ1v) is 7.29. The van der Waals surface area contributed by atoms with Crippen LogP contribution in [0.1, 0.15) is 57.8 Å². The van der Waals surface area contributed by atoms with Crippen molar-refractivity contribution in [2.45, 2.75) is 63.8 Å². The van der Waals surface area contributed by atoms with E-state index >= 15 is 0 Å². The molecular weight excluding hydrogens is 248 g/mol. The quantitative estimate of drug-likeness (QED) is 0.782. The number of hydrogen-bond donors (Lipinski definition) is 2. The molecule has 2 fully saturated rings. The maximum atomic E-state index is 11.8. The SMILES string of the molecule is Cl.NCC(NC(=O)CCC1CCCCC1)C1CC1. The Kier molecular flexibility index (Phi) is 7.02. The highest BCUT2D eigenvalue weighted by molar-refractivity contribution is 5.85. The van der Waals surface area contributed by atoms with E-state index < -0.39 is 0 Å². The first kappa shape index (κ1) is 15.8. The molecule has 4 heteroatoms. The minimum absolute atomic E-state index is 0. The highest BCUT2D eigenvalue weighted by Crippen LogP contribution is 2.32. The van der Waals surface area contributed by atoms with Crippen LogP contribution in [0.5, 0.6) is 0 Å². The summed E-state index contributed by atoms with van der Waals surface area (Å²) in [7, 11) is 0. The smallest absolute Gasteiger partial charge is 0.220 e. The molecule has 3 nitrogen and oxygen atoms in total. The zero-order valence-corrected chi connectivity index (χ0v) is 12.0. The van der Waals surface area contributed by atoms with E-state index in [2.05, 4.69) is 5.32 Å². The molecule has 0 spiro atoms. The second kappa shape index (κ2) is 8.00. The summed E-state index contributed by atoms with van der Waals surface area (Å²) in [5.41, 5.74) is 5.69. The van der Waals surface area contributed by atoms with Crippen molar-refractivity contribution in [3.8, 4) is 0 Å². The lowest BCUT2D eigenvalue weighted by Crippen LogP contribution is -2.41. The zero-order chi connectivity index (χ0) is 12.1. The van der Waals surface area contributed by atoms with Crippen molar-refractivity contribution in [1.82, 2.24) is 5.32 Å². The van der Waals surface area contributed by atoms with Gasteiger partial charge in [-0.15, -0.1) is 12.4 Å². The molecule has 0 saturated heterocycles. The Balaban J connectivity index is 0.00000162. The van der Waals surface area contributed by atoms with Gasteiger partial charge in [0.2, 0.25) is 5.91 Å². The Morgan fingerprint density at radius 3 is 2.39 bits per heavy atom. The minimum atomic E-state index is 0. The number of rotatable bonds is 6. The first-order chi connectivity index (χ1) is 8.29. The molecule has 1 amide bonds. The van der Waals surface area contributed by atoms with E-state index in [1.54, 1.807) is 0 Å². The van der Waals surface area contributed by atoms with Gasteiger partial charge >= 0.3 is 0 Å². The lowest BCUT2D eigenvalue weighted by atomic mass is 9.86. The molecule has 2 aliphatic carbocycles. The fraction of sp³-hybridized carbons (Fsp3) is 0.929. The van der Waals surface area contributed by atoms with Gasteiger partial charge in [-0.3, -0.25) is 4.79 Å². The van der Waals surface area contributed by atoms with Crippen LogP contribution in [-0.2, 0) is 4.79 Å². The van der Waals surface area contributed by atoms with E-state index in [0.717, 1.165) is 12.3 Å². The van der Waals surface area contributed by atoms with Crippen molar-refractivity contribution < 1.29 is 4.79 Å². The largest absolute Gasteiger partial charge is 0.352 e. The van der Waals surface area contributed by atoms with Crippen LogP contribution in [0.3, 0.4) is 0 Å². The summed E-state index contributed by atoms with van der Waals surface area (Å²) in [6.07, 6.45) is 11.0. The summed E-state index contributed by atoms with van der Waals surface area (Å²) in [5.74, 6) is 1.68. The molecule has 0 heterocycles. The maximum Gasteiger partial charge on any atom is 0.220 e. The molecule has 2 saturated carbocycles. The third kappa shape index (κ3) is 5.15. The van der Waals surface area contributed by atoms with Crippen LogP contribution in [-0.4, -0.2) is 18.5 Å². The fourth-order valence-electron chi connectivity index (χ4n) is 2.96. The highest BCUT2D eigenvalue weighted by Gasteiger charge is 2.31. The van der Waals surface area contributed by atoms with Gasteiger partial charge in [-0.2, -0.15) is 0 Å². The van der Waals surface area contributed by atoms with E-state index in [9.17, 15) is 4.79 Å². The molecule has 3 N–H and O–H groups in total. The van der Waals surface area contributed by atoms with Crippen molar-refractivity contribution in [3.63, 3.8) is 0 Å². The molecular formula is C14H27ClN2O. The van der Waals surface area contributed by atoms with Crippen LogP contribution in [0.4, 0.5) is 0 Å². The zero-order valence-electron chi connectivity index (χ0n) is 11.2. The van der Waals surface area contributed by atoms with Gasteiger partial charge in [0, 0.05) is 19.0 Å². The van der Waals surface area contributed by atoms with Gasteiger partial charge in [-0.25, -0.2) is 0 Å². The molecule has 1 unspecified atom stereocenters. The molecule has 0 radical (unpaired) electrons. The van der Waals surface area contributed by atoms with Gasteiger partial charge in [0.25, 0.3) is 0 Å². The lowest BCUT2D eigenvalue weighted by Gasteiger charge is -2.22. The number of nitrogens with one attached hydrogen (secondary N) is 1. The van der Waals surface area contributed by atoms with Gasteiger partial charge in [0.05, 0.1) is 0 Å². The molecule has 106 valence electrons. The van der Waals surface area contributed by atoms with Crippen LogP contribution >= 0.6 is 12.4 Å². The summed E-state index contributed by atoms with van der Waals surface area (Å²) < 4.78 is 0. The van der Waals surface area contributed by atoms with E-state index in [1.807, 2.05) is 0 Å². The van der Waals surface area contributed by atoms with Crippen LogP contribution in [0, 0.1) is 11.8 Å². The summed E-state index contributed by atoms with van der Waals surface area (Å²) in [6.45, 7) is 0.597. The standard InChI is InChI=1S/C14H26N2O.ClH/c15-10-13(12-7-8-12)16-14(17)9-6-11-4-2-1-3-5-11;/h11-13H,1-10,15H2,(H,16,17);1H. The van der Waals surface area contributed by atoms with Crippen molar-refractivity contribution in [2.75, 3.05) is 6.54 Å². The second-order valence-electron chi connectivity index (χ2n) is 5.79. The number of carbonyl (C=O) groups excluding carboxylic acids is 1. The summed E-state index contributed by atoms with van der Waals surface area (Å²) >= 11 is 0. The van der Waals surface area contributed by atoms with Crippen LogP contribution in [0.25, 0.3) is 0 Å². The Morgan fingerprint density at radius 2 is 1.83 bits per heavy atom. The number of nitrogens with two attached hydrogens (primary N) is 1. The number of hydrogen-bond acceptors (Lipinski definition) is 2. The van der Waals surface area contributed by atoms with Gasteiger partial charge in [0.1, 0.15) is 0 Å². The second-order valence-corrected chi connectivity index (χ2v) is 5.79. The van der Waals surface area contributed by atoms with Crippen LogP contribution < -0.4 is 11.1 Å². The molecule has 0 bridgehead atoms. The molecule has 18 heavy (non-hydrogen) atoms. The number of carbonyl (C=O) groups is 1. The molecule has 2 aliphatic rings. The molecule has 2 rings (SSSR count). The predicted octanol–water partition coefficient (Wildman–Crippen LogP) is 2.62. The van der Waals surface area contributed by atoms with Crippen molar-refractivity contribution in [3.05, 3.63) is 0 Å². The van der Waals surface area contributed by atoms with Crippen molar-refractivity contribution in [1.29, 1.82) is 0 Å². The van der Waals surface area contributed by atoms with Crippen molar-refractivity contribution in [2.24, 2.45) is 17.6 Å². The molecule has 1 atom stereocenters. The third-order valence-corrected chi connectivity index (χ3v) is 4.30. The Hall–Kier alpha value is -0.280. The molecule has 0 aliphatic heterocycles. The fourth-order valence-corrected chi connectivity index (χ4v) is 2.96. The van der Waals surface area contributed by atoms with Crippen LogP contribution in [0.2, 0.25) is 0 Å². The van der Waals surface area contributed by atoms with E-state index in [0.29, 0.717) is 18.9 Å². The van der Waals surface area contributed by atoms with Crippen molar-refractivity contribution >= 4 is 18.3 Å². The summed E-state index contributed by atoms with van der Waals surface area (Å²) in [5, 5.41) is 3.10. The van der Waals surface area contributed by atoms with Crippen LogP contribution in [0.15, 0.2) is 0 Å². The van der Waals surface area contributed by atoms with Gasteiger partial charge in [-0.05, 0) is 31.1 Å². The normalized spacial score (nSPS) is 22.1. The Morgan fingerprint density at radius 1 is 1.17 bits per heavy atom.